The second kappa shape index (κ2) is 13.0. The van der Waals surface area contributed by atoms with Gasteiger partial charge >= 0.3 is 18.2 Å². The van der Waals surface area contributed by atoms with Crippen molar-refractivity contribution in [3.8, 4) is 11.8 Å². The van der Waals surface area contributed by atoms with Gasteiger partial charge in [-0.1, -0.05) is 42.3 Å². The van der Waals surface area contributed by atoms with E-state index < -0.39 is 12.1 Å². The first-order valence-electron chi connectivity index (χ1n) is 13.4. The highest BCUT2D eigenvalue weighted by molar-refractivity contribution is 5.91. The first-order valence-corrected chi connectivity index (χ1v) is 13.4. The summed E-state index contributed by atoms with van der Waals surface area (Å²) < 4.78 is 35.4. The maximum absolute atomic E-state index is 13.0. The summed E-state index contributed by atoms with van der Waals surface area (Å²) in [6.45, 7) is 0. The van der Waals surface area contributed by atoms with Crippen molar-refractivity contribution in [2.24, 2.45) is 12.1 Å². The molecule has 11 nitrogen and oxygen atoms in total. The summed E-state index contributed by atoms with van der Waals surface area (Å²) in [4.78, 5) is 26.5. The number of nitrogens with one attached hydrogen (secondary N) is 2. The minimum atomic E-state index is -5.08. The lowest BCUT2D eigenvalue weighted by molar-refractivity contribution is -0.192. The van der Waals surface area contributed by atoms with Crippen LogP contribution < -0.4 is 10.6 Å². The molecule has 3 N–H and O–H groups in total. The number of hydrogen-bond donors (Lipinski definition) is 3. The van der Waals surface area contributed by atoms with Crippen LogP contribution in [0.15, 0.2) is 96.6 Å². The highest BCUT2D eigenvalue weighted by Crippen LogP contribution is 2.28. The molecule has 0 bridgehead atoms. The molecule has 45 heavy (non-hydrogen) atoms. The van der Waals surface area contributed by atoms with Crippen LogP contribution in [0, 0.1) is 11.8 Å². The van der Waals surface area contributed by atoms with Crippen LogP contribution in [0.5, 0.6) is 0 Å². The predicted octanol–water partition coefficient (Wildman–Crippen LogP) is 5.81. The van der Waals surface area contributed by atoms with Crippen LogP contribution in [0.25, 0.3) is 5.65 Å². The number of carbonyl (C=O) groups excluding carboxylic acids is 1. The molecule has 0 saturated carbocycles. The van der Waals surface area contributed by atoms with E-state index >= 15 is 0 Å². The second-order valence-electron chi connectivity index (χ2n) is 9.66. The lowest BCUT2D eigenvalue weighted by Crippen LogP contribution is -2.31. The molecule has 3 aromatic heterocycles. The molecular formula is C31H25F3N8O3. The standard InChI is InChI=1S/C29H24N8O.C2HF3O2/c1-35-20-24(18-32-35)33-26-11-6-16-36-25(19-30-28(26)36)13-12-21-7-5-10-23(17-21)34-29(38)37-27(14-15-31-37)22-8-3-2-4-9-22;3-2(4,5)1(6)7/h2-11,15-20,27,33H,14H2,1H3,(H,34,38);(H,6,7). The third-order valence-electron chi connectivity index (χ3n) is 6.43. The van der Waals surface area contributed by atoms with Crippen LogP contribution in [-0.4, -0.2) is 53.7 Å². The van der Waals surface area contributed by atoms with Crippen molar-refractivity contribution in [3.05, 3.63) is 108 Å². The van der Waals surface area contributed by atoms with Gasteiger partial charge in [0.2, 0.25) is 0 Å². The maximum atomic E-state index is 13.0. The summed E-state index contributed by atoms with van der Waals surface area (Å²) in [5, 5.41) is 23.4. The minimum absolute atomic E-state index is 0.119. The zero-order valence-corrected chi connectivity index (χ0v) is 23.6. The summed E-state index contributed by atoms with van der Waals surface area (Å²) in [5.74, 6) is 3.64. The number of amides is 2. The van der Waals surface area contributed by atoms with E-state index in [1.807, 2.05) is 90.6 Å². The van der Waals surface area contributed by atoms with Gasteiger partial charge in [-0.3, -0.25) is 9.08 Å². The van der Waals surface area contributed by atoms with Crippen molar-refractivity contribution in [3.63, 3.8) is 0 Å². The number of rotatable bonds is 4. The number of nitrogens with zero attached hydrogens (tertiary/aromatic N) is 6. The molecule has 0 fully saturated rings. The number of halogens is 3. The molecule has 14 heteroatoms. The van der Waals surface area contributed by atoms with E-state index in [0.717, 1.165) is 33.8 Å². The second-order valence-corrected chi connectivity index (χ2v) is 9.66. The number of anilines is 3. The predicted molar refractivity (Wildman–Crippen MR) is 161 cm³/mol. The number of benzene rings is 2. The van der Waals surface area contributed by atoms with E-state index in [1.165, 1.54) is 5.01 Å². The molecule has 1 aliphatic rings. The Balaban J connectivity index is 0.000000515. The van der Waals surface area contributed by atoms with Crippen molar-refractivity contribution in [2.45, 2.75) is 18.6 Å². The fraction of sp³-hybridized carbons (Fsp3) is 0.129. The van der Waals surface area contributed by atoms with E-state index in [2.05, 4.69) is 37.7 Å². The van der Waals surface area contributed by atoms with Crippen LogP contribution in [-0.2, 0) is 11.8 Å². The number of carboxylic acid groups (broad SMARTS) is 1. The van der Waals surface area contributed by atoms with Crippen molar-refractivity contribution in [1.29, 1.82) is 0 Å². The van der Waals surface area contributed by atoms with Crippen LogP contribution in [0.4, 0.5) is 35.0 Å². The van der Waals surface area contributed by atoms with Crippen LogP contribution in [0.1, 0.15) is 29.3 Å². The number of carbonyl (C=O) groups is 2. The number of pyridine rings is 1. The number of carboxylic acids is 1. The monoisotopic (exact) mass is 614 g/mol. The number of aliphatic carboxylic acids is 1. The zero-order chi connectivity index (χ0) is 32.0. The topological polar surface area (TPSA) is 129 Å². The molecule has 2 amide bonds. The lowest BCUT2D eigenvalue weighted by atomic mass is 10.1. The lowest BCUT2D eigenvalue weighted by Gasteiger charge is -2.22. The molecule has 0 spiro atoms. The number of fused-ring (bicyclic) bond motifs is 1. The Morgan fingerprint density at radius 1 is 1.00 bits per heavy atom. The summed E-state index contributed by atoms with van der Waals surface area (Å²) in [5.41, 5.74) is 5.72. The van der Waals surface area contributed by atoms with E-state index in [0.29, 0.717) is 12.1 Å². The quantitative estimate of drug-likeness (QED) is 0.219. The minimum Gasteiger partial charge on any atom is -0.475 e. The third kappa shape index (κ3) is 7.46. The Bertz CT molecular complexity index is 1920. The summed E-state index contributed by atoms with van der Waals surface area (Å²) in [7, 11) is 1.87. The van der Waals surface area contributed by atoms with Gasteiger partial charge in [-0.15, -0.1) is 0 Å². The molecule has 0 saturated heterocycles. The van der Waals surface area contributed by atoms with Gasteiger partial charge < -0.3 is 15.7 Å². The number of urea groups is 1. The average Bonchev–Trinajstić information content (AvgIpc) is 3.77. The van der Waals surface area contributed by atoms with Crippen LogP contribution in [0.2, 0.25) is 0 Å². The molecule has 1 aliphatic heterocycles. The fourth-order valence-electron chi connectivity index (χ4n) is 4.40. The molecule has 1 atom stereocenters. The normalized spacial score (nSPS) is 13.9. The van der Waals surface area contributed by atoms with Gasteiger partial charge in [-0.25, -0.2) is 19.6 Å². The highest BCUT2D eigenvalue weighted by Gasteiger charge is 2.38. The Hall–Kier alpha value is -6.10. The molecule has 0 radical (unpaired) electrons. The van der Waals surface area contributed by atoms with E-state index in [9.17, 15) is 18.0 Å². The summed E-state index contributed by atoms with van der Waals surface area (Å²) in [6, 6.07) is 20.9. The van der Waals surface area contributed by atoms with E-state index in [1.54, 1.807) is 23.3 Å². The zero-order valence-electron chi connectivity index (χ0n) is 23.6. The highest BCUT2D eigenvalue weighted by atomic mass is 19.4. The molecule has 1 unspecified atom stereocenters. The number of alkyl halides is 3. The Morgan fingerprint density at radius 2 is 1.78 bits per heavy atom. The number of aryl methyl sites for hydroxylation is 1. The van der Waals surface area contributed by atoms with Crippen molar-refractivity contribution >= 4 is 40.9 Å². The van der Waals surface area contributed by atoms with Crippen molar-refractivity contribution in [2.75, 3.05) is 10.6 Å². The van der Waals surface area contributed by atoms with Crippen LogP contribution in [0.3, 0.4) is 0 Å². The average molecular weight is 615 g/mol. The third-order valence-corrected chi connectivity index (χ3v) is 6.43. The van der Waals surface area contributed by atoms with Gasteiger partial charge in [0.25, 0.3) is 0 Å². The summed E-state index contributed by atoms with van der Waals surface area (Å²) in [6.07, 6.45) is 4.71. The first kappa shape index (κ1) is 30.4. The van der Waals surface area contributed by atoms with Gasteiger partial charge in [0, 0.05) is 43.3 Å². The largest absolute Gasteiger partial charge is 0.490 e. The smallest absolute Gasteiger partial charge is 0.475 e. The molecule has 228 valence electrons. The number of imidazole rings is 1. The molecule has 2 aromatic carbocycles. The molecule has 0 aliphatic carbocycles. The Labute approximate surface area is 254 Å². The molecular weight excluding hydrogens is 589 g/mol. The number of hydrogen-bond acceptors (Lipinski definition) is 6. The van der Waals surface area contributed by atoms with Crippen molar-refractivity contribution in [1.82, 2.24) is 24.2 Å². The molecule has 4 heterocycles. The van der Waals surface area contributed by atoms with Crippen LogP contribution >= 0.6 is 0 Å². The van der Waals surface area contributed by atoms with Gasteiger partial charge in [0.1, 0.15) is 5.69 Å². The molecule has 5 aromatic rings. The van der Waals surface area contributed by atoms with Gasteiger partial charge in [0.15, 0.2) is 5.65 Å². The van der Waals surface area contributed by atoms with Gasteiger partial charge in [-0.05, 0) is 41.8 Å². The van der Waals surface area contributed by atoms with Gasteiger partial charge in [-0.2, -0.15) is 23.4 Å². The SMILES string of the molecule is Cn1cc(Nc2cccn3c(C#Cc4cccc(NC(=O)N5N=CCC5c5ccccc5)c4)cnc23)cn1.O=C(O)C(F)(F)F. The summed E-state index contributed by atoms with van der Waals surface area (Å²) >= 11 is 0. The first-order chi connectivity index (χ1) is 21.6. The van der Waals surface area contributed by atoms with E-state index in [-0.39, 0.29) is 12.1 Å². The maximum Gasteiger partial charge on any atom is 0.490 e. The fourth-order valence-corrected chi connectivity index (χ4v) is 4.40. The van der Waals surface area contributed by atoms with Crippen molar-refractivity contribution < 1.29 is 27.9 Å². The molecule has 6 rings (SSSR count). The number of hydrazone groups is 1. The number of aromatic nitrogens is 4. The van der Waals surface area contributed by atoms with E-state index in [4.69, 9.17) is 9.90 Å². The Morgan fingerprint density at radius 3 is 2.49 bits per heavy atom. The van der Waals surface area contributed by atoms with Gasteiger partial charge in [0.05, 0.1) is 29.8 Å². The Kier molecular flexibility index (Phi) is 8.80.